The van der Waals surface area contributed by atoms with E-state index in [1.54, 1.807) is 11.3 Å². The Hall–Kier alpha value is -1.46. The number of benzene rings is 1. The largest absolute Gasteiger partial charge is 0.391 e. The van der Waals surface area contributed by atoms with Crippen LogP contribution in [0.25, 0.3) is 0 Å². The zero-order valence-corrected chi connectivity index (χ0v) is 12.1. The summed E-state index contributed by atoms with van der Waals surface area (Å²) in [6, 6.07) is 10.4. The number of nitrogens with one attached hydrogen (secondary N) is 1. The minimum atomic E-state index is -0.259. The smallest absolute Gasteiger partial charge is 0.205 e. The van der Waals surface area contributed by atoms with Crippen LogP contribution in [0.4, 0.5) is 5.13 Å². The van der Waals surface area contributed by atoms with E-state index in [9.17, 15) is 5.11 Å². The monoisotopic (exact) mass is 289 g/mol. The summed E-state index contributed by atoms with van der Waals surface area (Å²) in [6.07, 6.45) is 4.74. The molecule has 1 aromatic heterocycles. The van der Waals surface area contributed by atoms with Crippen molar-refractivity contribution in [3.8, 4) is 0 Å². The molecule has 0 aliphatic heterocycles. The van der Waals surface area contributed by atoms with Crippen LogP contribution < -0.4 is 5.32 Å². The molecule has 0 unspecified atom stereocenters. The van der Waals surface area contributed by atoms with Crippen LogP contribution in [0.15, 0.2) is 30.3 Å². The second-order valence-corrected chi connectivity index (χ2v) is 6.33. The van der Waals surface area contributed by atoms with Crippen molar-refractivity contribution in [2.45, 2.75) is 44.2 Å². The van der Waals surface area contributed by atoms with Crippen LogP contribution in [0.1, 0.15) is 36.3 Å². The normalized spacial score (nSPS) is 22.6. The fourth-order valence-corrected chi connectivity index (χ4v) is 3.43. The maximum atomic E-state index is 9.97. The predicted octanol–water partition coefficient (Wildman–Crippen LogP) is 2.84. The summed E-state index contributed by atoms with van der Waals surface area (Å²) in [7, 11) is 0. The number of aromatic nitrogens is 2. The van der Waals surface area contributed by atoms with Gasteiger partial charge in [0.1, 0.15) is 5.01 Å². The SMILES string of the molecule is O[C@H]1CCCC[C@@H]1Nc1nnc(Cc2ccccc2)s1. The van der Waals surface area contributed by atoms with Crippen LogP contribution in [0.3, 0.4) is 0 Å². The third-order valence-corrected chi connectivity index (χ3v) is 4.56. The van der Waals surface area contributed by atoms with Crippen molar-refractivity contribution < 1.29 is 5.11 Å². The first-order chi connectivity index (χ1) is 9.81. The molecule has 20 heavy (non-hydrogen) atoms. The summed E-state index contributed by atoms with van der Waals surface area (Å²) in [6.45, 7) is 0. The highest BCUT2D eigenvalue weighted by Crippen LogP contribution is 2.24. The average Bonchev–Trinajstić information content (AvgIpc) is 2.90. The van der Waals surface area contributed by atoms with Crippen LogP contribution in [0.5, 0.6) is 0 Å². The Bertz CT molecular complexity index is 543. The van der Waals surface area contributed by atoms with Crippen LogP contribution >= 0.6 is 11.3 Å². The highest BCUT2D eigenvalue weighted by Gasteiger charge is 2.23. The van der Waals surface area contributed by atoms with E-state index in [2.05, 4.69) is 27.6 Å². The summed E-state index contributed by atoms with van der Waals surface area (Å²) in [5, 5.41) is 23.5. The molecule has 0 saturated heterocycles. The van der Waals surface area contributed by atoms with Crippen LogP contribution in [-0.4, -0.2) is 27.4 Å². The lowest BCUT2D eigenvalue weighted by molar-refractivity contribution is 0.116. The first kappa shape index (κ1) is 13.5. The second-order valence-electron chi connectivity index (χ2n) is 5.27. The van der Waals surface area contributed by atoms with Crippen molar-refractivity contribution in [1.29, 1.82) is 0 Å². The van der Waals surface area contributed by atoms with Crippen LogP contribution in [0, 0.1) is 0 Å². The van der Waals surface area contributed by atoms with E-state index in [1.165, 1.54) is 12.0 Å². The van der Waals surface area contributed by atoms with Crippen molar-refractivity contribution >= 4 is 16.5 Å². The van der Waals surface area contributed by atoms with Crippen molar-refractivity contribution in [2.75, 3.05) is 5.32 Å². The average molecular weight is 289 g/mol. The van der Waals surface area contributed by atoms with Gasteiger partial charge in [-0.1, -0.05) is 54.5 Å². The Morgan fingerprint density at radius 3 is 2.75 bits per heavy atom. The molecule has 2 N–H and O–H groups in total. The zero-order chi connectivity index (χ0) is 13.8. The van der Waals surface area contributed by atoms with E-state index in [0.717, 1.165) is 35.8 Å². The minimum Gasteiger partial charge on any atom is -0.391 e. The van der Waals surface area contributed by atoms with Crippen LogP contribution in [-0.2, 0) is 6.42 Å². The molecular weight excluding hydrogens is 270 g/mol. The minimum absolute atomic E-state index is 0.126. The molecule has 1 aromatic carbocycles. The summed E-state index contributed by atoms with van der Waals surface area (Å²) < 4.78 is 0. The van der Waals surface area contributed by atoms with Gasteiger partial charge in [-0.25, -0.2) is 0 Å². The third kappa shape index (κ3) is 3.35. The number of aliphatic hydroxyl groups excluding tert-OH is 1. The second kappa shape index (κ2) is 6.33. The Balaban J connectivity index is 1.62. The number of anilines is 1. The predicted molar refractivity (Wildman–Crippen MR) is 81.0 cm³/mol. The van der Waals surface area contributed by atoms with E-state index in [-0.39, 0.29) is 12.1 Å². The van der Waals surface area contributed by atoms with E-state index < -0.39 is 0 Å². The number of nitrogens with zero attached hydrogens (tertiary/aromatic N) is 2. The van der Waals surface area contributed by atoms with Gasteiger partial charge in [0.2, 0.25) is 5.13 Å². The molecule has 106 valence electrons. The molecule has 0 bridgehead atoms. The summed E-state index contributed by atoms with van der Waals surface area (Å²) >= 11 is 1.58. The molecule has 5 heteroatoms. The number of hydrogen-bond donors (Lipinski definition) is 2. The van der Waals surface area contributed by atoms with Gasteiger partial charge in [0, 0.05) is 6.42 Å². The van der Waals surface area contributed by atoms with Gasteiger partial charge in [-0.3, -0.25) is 0 Å². The van der Waals surface area contributed by atoms with Crippen molar-refractivity contribution in [1.82, 2.24) is 10.2 Å². The van der Waals surface area contributed by atoms with Gasteiger partial charge in [0.25, 0.3) is 0 Å². The van der Waals surface area contributed by atoms with Crippen LogP contribution in [0.2, 0.25) is 0 Å². The molecule has 1 aliphatic rings. The van der Waals surface area contributed by atoms with E-state index in [0.29, 0.717) is 0 Å². The molecule has 0 spiro atoms. The molecule has 1 aliphatic carbocycles. The lowest BCUT2D eigenvalue weighted by Crippen LogP contribution is -2.36. The van der Waals surface area contributed by atoms with E-state index in [1.807, 2.05) is 18.2 Å². The quantitative estimate of drug-likeness (QED) is 0.908. The number of rotatable bonds is 4. The fourth-order valence-electron chi connectivity index (χ4n) is 2.59. The van der Waals surface area contributed by atoms with Gasteiger partial charge in [0.15, 0.2) is 0 Å². The lowest BCUT2D eigenvalue weighted by Gasteiger charge is -2.27. The Labute approximate surface area is 122 Å². The Morgan fingerprint density at radius 2 is 1.95 bits per heavy atom. The molecule has 1 heterocycles. The summed E-state index contributed by atoms with van der Waals surface area (Å²) in [5.74, 6) is 0. The lowest BCUT2D eigenvalue weighted by atomic mass is 9.93. The number of aliphatic hydroxyl groups is 1. The van der Waals surface area contributed by atoms with E-state index in [4.69, 9.17) is 0 Å². The third-order valence-electron chi connectivity index (χ3n) is 3.70. The standard InChI is InChI=1S/C15H19N3OS/c19-13-9-5-4-8-12(13)16-15-18-17-14(20-15)10-11-6-2-1-3-7-11/h1-3,6-7,12-13,19H,4-5,8-10H2,(H,16,18)/t12-,13-/m0/s1. The zero-order valence-electron chi connectivity index (χ0n) is 11.3. The molecule has 3 rings (SSSR count). The van der Waals surface area contributed by atoms with Gasteiger partial charge < -0.3 is 10.4 Å². The maximum Gasteiger partial charge on any atom is 0.205 e. The first-order valence-electron chi connectivity index (χ1n) is 7.12. The molecule has 1 fully saturated rings. The van der Waals surface area contributed by atoms with Gasteiger partial charge in [-0.05, 0) is 18.4 Å². The maximum absolute atomic E-state index is 9.97. The van der Waals surface area contributed by atoms with Crippen molar-refractivity contribution in [3.63, 3.8) is 0 Å². The topological polar surface area (TPSA) is 58.0 Å². The van der Waals surface area contributed by atoms with Crippen molar-refractivity contribution in [3.05, 3.63) is 40.9 Å². The number of hydrogen-bond acceptors (Lipinski definition) is 5. The van der Waals surface area contributed by atoms with Gasteiger partial charge >= 0.3 is 0 Å². The van der Waals surface area contributed by atoms with Crippen molar-refractivity contribution in [2.24, 2.45) is 0 Å². The molecule has 1 saturated carbocycles. The van der Waals surface area contributed by atoms with Gasteiger partial charge in [0.05, 0.1) is 12.1 Å². The van der Waals surface area contributed by atoms with E-state index >= 15 is 0 Å². The molecule has 2 atom stereocenters. The van der Waals surface area contributed by atoms with Gasteiger partial charge in [-0.15, -0.1) is 10.2 Å². The molecule has 0 amide bonds. The molecule has 0 radical (unpaired) electrons. The summed E-state index contributed by atoms with van der Waals surface area (Å²) in [5.41, 5.74) is 1.24. The van der Waals surface area contributed by atoms with Gasteiger partial charge in [-0.2, -0.15) is 0 Å². The fraction of sp³-hybridized carbons (Fsp3) is 0.467. The Morgan fingerprint density at radius 1 is 1.15 bits per heavy atom. The molecular formula is C15H19N3OS. The molecule has 4 nitrogen and oxygen atoms in total. The highest BCUT2D eigenvalue weighted by molar-refractivity contribution is 7.15. The highest BCUT2D eigenvalue weighted by atomic mass is 32.1. The first-order valence-corrected chi connectivity index (χ1v) is 7.94. The summed E-state index contributed by atoms with van der Waals surface area (Å²) in [4.78, 5) is 0. The molecule has 2 aromatic rings. The Kier molecular flexibility index (Phi) is 4.28.